The van der Waals surface area contributed by atoms with Gasteiger partial charge < -0.3 is 10.6 Å². The lowest BCUT2D eigenvalue weighted by Crippen LogP contribution is -2.52. The molecule has 1 aromatic carbocycles. The Kier molecular flexibility index (Phi) is 5.00. The summed E-state index contributed by atoms with van der Waals surface area (Å²) in [4.78, 5) is 36.2. The van der Waals surface area contributed by atoms with Crippen LogP contribution in [0.4, 0.5) is 13.6 Å². The SMILES string of the molecule is Cc1ccccc1-n1ncc(C(=O)NC2CCC3(CC2)NC(=O)NC3=O)c1C(F)F. The maximum atomic E-state index is 13.8. The Bertz CT molecular complexity index is 1010. The van der Waals surface area contributed by atoms with Gasteiger partial charge in [-0.3, -0.25) is 14.9 Å². The first-order valence-corrected chi connectivity index (χ1v) is 9.67. The van der Waals surface area contributed by atoms with Crippen molar-refractivity contribution in [3.05, 3.63) is 47.3 Å². The van der Waals surface area contributed by atoms with Gasteiger partial charge in [0, 0.05) is 6.04 Å². The molecule has 0 bridgehead atoms. The number of nitrogens with one attached hydrogen (secondary N) is 3. The first-order valence-electron chi connectivity index (χ1n) is 9.67. The molecule has 2 aromatic rings. The number of urea groups is 1. The van der Waals surface area contributed by atoms with Crippen LogP contribution in [0.5, 0.6) is 0 Å². The molecule has 0 atom stereocenters. The van der Waals surface area contributed by atoms with E-state index in [1.165, 1.54) is 0 Å². The van der Waals surface area contributed by atoms with E-state index in [1.807, 2.05) is 0 Å². The predicted molar refractivity (Wildman–Crippen MR) is 102 cm³/mol. The van der Waals surface area contributed by atoms with Crippen LogP contribution in [0.1, 0.15) is 53.7 Å². The van der Waals surface area contributed by atoms with E-state index in [-0.39, 0.29) is 17.5 Å². The predicted octanol–water partition coefficient (Wildman–Crippen LogP) is 2.37. The summed E-state index contributed by atoms with van der Waals surface area (Å²) in [7, 11) is 0. The van der Waals surface area contributed by atoms with Crippen molar-refractivity contribution in [3.63, 3.8) is 0 Å². The highest BCUT2D eigenvalue weighted by atomic mass is 19.3. The topological polar surface area (TPSA) is 105 Å². The summed E-state index contributed by atoms with van der Waals surface area (Å²) in [6.45, 7) is 1.78. The van der Waals surface area contributed by atoms with Crippen LogP contribution in [-0.4, -0.2) is 39.2 Å². The molecule has 0 radical (unpaired) electrons. The van der Waals surface area contributed by atoms with E-state index in [9.17, 15) is 23.2 Å². The number of hydrogen-bond donors (Lipinski definition) is 3. The Labute approximate surface area is 171 Å². The number of imide groups is 1. The molecule has 1 saturated carbocycles. The van der Waals surface area contributed by atoms with E-state index in [0.29, 0.717) is 31.4 Å². The molecule has 3 N–H and O–H groups in total. The van der Waals surface area contributed by atoms with E-state index in [2.05, 4.69) is 21.0 Å². The minimum Gasteiger partial charge on any atom is -0.349 e. The molecule has 2 fully saturated rings. The zero-order valence-corrected chi connectivity index (χ0v) is 16.2. The van der Waals surface area contributed by atoms with Gasteiger partial charge in [-0.15, -0.1) is 0 Å². The van der Waals surface area contributed by atoms with Crippen LogP contribution >= 0.6 is 0 Å². The molecule has 0 unspecified atom stereocenters. The molecule has 1 aliphatic carbocycles. The Hall–Kier alpha value is -3.30. The second kappa shape index (κ2) is 7.51. The third-order valence-corrected chi connectivity index (χ3v) is 5.79. The van der Waals surface area contributed by atoms with E-state index in [4.69, 9.17) is 0 Å². The van der Waals surface area contributed by atoms with Crippen LogP contribution in [0.15, 0.2) is 30.5 Å². The van der Waals surface area contributed by atoms with Crippen LogP contribution in [0.3, 0.4) is 0 Å². The molecule has 10 heteroatoms. The normalized spacial score (nSPS) is 23.5. The van der Waals surface area contributed by atoms with Crippen molar-refractivity contribution in [2.75, 3.05) is 0 Å². The number of para-hydroxylation sites is 1. The molecular formula is C20H21F2N5O3. The molecule has 1 spiro atoms. The number of rotatable bonds is 4. The highest BCUT2D eigenvalue weighted by molar-refractivity contribution is 6.07. The smallest absolute Gasteiger partial charge is 0.322 e. The molecule has 1 aliphatic heterocycles. The number of nitrogens with zero attached hydrogens (tertiary/aromatic N) is 2. The zero-order valence-electron chi connectivity index (χ0n) is 16.2. The highest BCUT2D eigenvalue weighted by Crippen LogP contribution is 2.32. The lowest BCUT2D eigenvalue weighted by Gasteiger charge is -2.34. The first kappa shape index (κ1) is 20.0. The summed E-state index contributed by atoms with van der Waals surface area (Å²) in [5.41, 5.74) is -0.349. The summed E-state index contributed by atoms with van der Waals surface area (Å²) >= 11 is 0. The van der Waals surface area contributed by atoms with E-state index < -0.39 is 29.6 Å². The standard InChI is InChI=1S/C20H21F2N5O3/c1-11-4-2-3-5-14(11)27-15(16(21)22)13(10-23-27)17(28)24-12-6-8-20(9-7-12)18(29)25-19(30)26-20/h2-5,10,12,16H,6-9H2,1H3,(H,24,28)(H2,25,26,29,30). The number of hydrogen-bond acceptors (Lipinski definition) is 4. The monoisotopic (exact) mass is 417 g/mol. The molecule has 4 rings (SSSR count). The van der Waals surface area contributed by atoms with Gasteiger partial charge in [0.1, 0.15) is 11.2 Å². The molecule has 1 aromatic heterocycles. The summed E-state index contributed by atoms with van der Waals surface area (Å²) in [5.74, 6) is -0.997. The maximum Gasteiger partial charge on any atom is 0.322 e. The lowest BCUT2D eigenvalue weighted by atomic mass is 9.79. The molecule has 1 saturated heterocycles. The van der Waals surface area contributed by atoms with Crippen LogP contribution in [0.25, 0.3) is 5.69 Å². The van der Waals surface area contributed by atoms with E-state index in [0.717, 1.165) is 16.4 Å². The molecule has 2 heterocycles. The van der Waals surface area contributed by atoms with E-state index >= 15 is 0 Å². The Balaban J connectivity index is 1.50. The van der Waals surface area contributed by atoms with Crippen LogP contribution in [0, 0.1) is 6.92 Å². The fourth-order valence-corrected chi connectivity index (χ4v) is 4.13. The second-order valence-corrected chi connectivity index (χ2v) is 7.68. The summed E-state index contributed by atoms with van der Waals surface area (Å²) in [6.07, 6.45) is -0.137. The van der Waals surface area contributed by atoms with Gasteiger partial charge in [0.05, 0.1) is 17.4 Å². The van der Waals surface area contributed by atoms with Crippen LogP contribution < -0.4 is 16.0 Å². The summed E-state index contributed by atoms with van der Waals surface area (Å²) in [6, 6.07) is 6.14. The van der Waals surface area contributed by atoms with Gasteiger partial charge in [0.2, 0.25) is 0 Å². The average Bonchev–Trinajstić information content (AvgIpc) is 3.25. The molecular weight excluding hydrogens is 396 g/mol. The van der Waals surface area contributed by atoms with Gasteiger partial charge in [-0.2, -0.15) is 5.10 Å². The van der Waals surface area contributed by atoms with Crippen LogP contribution in [-0.2, 0) is 4.79 Å². The molecule has 30 heavy (non-hydrogen) atoms. The van der Waals surface area contributed by atoms with Gasteiger partial charge in [0.15, 0.2) is 0 Å². The van der Waals surface area contributed by atoms with Gasteiger partial charge in [0.25, 0.3) is 18.2 Å². The molecule has 4 amide bonds. The fraction of sp³-hybridized carbons (Fsp3) is 0.400. The lowest BCUT2D eigenvalue weighted by molar-refractivity contribution is -0.125. The third kappa shape index (κ3) is 3.42. The van der Waals surface area contributed by atoms with E-state index in [1.54, 1.807) is 31.2 Å². The maximum absolute atomic E-state index is 13.8. The van der Waals surface area contributed by atoms with Gasteiger partial charge in [-0.25, -0.2) is 18.3 Å². The van der Waals surface area contributed by atoms with Crippen molar-refractivity contribution < 1.29 is 23.2 Å². The Morgan fingerprint density at radius 3 is 2.57 bits per heavy atom. The third-order valence-electron chi connectivity index (χ3n) is 5.79. The average molecular weight is 417 g/mol. The number of aromatic nitrogens is 2. The Morgan fingerprint density at radius 2 is 1.97 bits per heavy atom. The van der Waals surface area contributed by atoms with Gasteiger partial charge in [-0.1, -0.05) is 18.2 Å². The summed E-state index contributed by atoms with van der Waals surface area (Å²) in [5, 5.41) is 11.7. The molecule has 2 aliphatic rings. The summed E-state index contributed by atoms with van der Waals surface area (Å²) < 4.78 is 28.8. The Morgan fingerprint density at radius 1 is 1.27 bits per heavy atom. The van der Waals surface area contributed by atoms with Crippen molar-refractivity contribution in [3.8, 4) is 5.69 Å². The van der Waals surface area contributed by atoms with Crippen LogP contribution in [0.2, 0.25) is 0 Å². The highest BCUT2D eigenvalue weighted by Gasteiger charge is 2.48. The molecule has 8 nitrogen and oxygen atoms in total. The second-order valence-electron chi connectivity index (χ2n) is 7.68. The number of amides is 4. The van der Waals surface area contributed by atoms with Gasteiger partial charge >= 0.3 is 6.03 Å². The van der Waals surface area contributed by atoms with Crippen molar-refractivity contribution in [2.24, 2.45) is 0 Å². The zero-order chi connectivity index (χ0) is 21.5. The van der Waals surface area contributed by atoms with Crippen molar-refractivity contribution in [1.82, 2.24) is 25.7 Å². The van der Waals surface area contributed by atoms with Crippen molar-refractivity contribution in [1.29, 1.82) is 0 Å². The van der Waals surface area contributed by atoms with Gasteiger partial charge in [-0.05, 0) is 44.2 Å². The first-order chi connectivity index (χ1) is 14.3. The minimum absolute atomic E-state index is 0.180. The quantitative estimate of drug-likeness (QED) is 0.664. The fourth-order valence-electron chi connectivity index (χ4n) is 4.13. The number of carbonyl (C=O) groups is 3. The number of halogens is 2. The van der Waals surface area contributed by atoms with Crippen molar-refractivity contribution in [2.45, 2.75) is 50.6 Å². The molecule has 158 valence electrons. The number of alkyl halides is 2. The number of aryl methyl sites for hydroxylation is 1. The number of benzene rings is 1. The minimum atomic E-state index is -2.89. The number of carbonyl (C=O) groups excluding carboxylic acids is 3. The largest absolute Gasteiger partial charge is 0.349 e. The van der Waals surface area contributed by atoms with Crippen molar-refractivity contribution >= 4 is 17.8 Å².